The summed E-state index contributed by atoms with van der Waals surface area (Å²) in [5.41, 5.74) is 4.30. The van der Waals surface area contributed by atoms with E-state index in [1.54, 1.807) is 45.3 Å². The number of rotatable bonds is 18. The highest BCUT2D eigenvalue weighted by molar-refractivity contribution is 5.98. The summed E-state index contributed by atoms with van der Waals surface area (Å²) in [4.78, 5) is 48.2. The van der Waals surface area contributed by atoms with E-state index < -0.39 is 23.5 Å². The van der Waals surface area contributed by atoms with Crippen LogP contribution in [-0.2, 0) is 26.2 Å². The third-order valence-electron chi connectivity index (χ3n) is 9.18. The smallest absolute Gasteiger partial charge is 0.325 e. The maximum absolute atomic E-state index is 13.4. The van der Waals surface area contributed by atoms with Crippen molar-refractivity contribution in [1.29, 1.82) is 0 Å². The molecule has 9 nitrogen and oxygen atoms in total. The minimum absolute atomic E-state index is 0.0625. The molecule has 0 spiro atoms. The number of esters is 1. The van der Waals surface area contributed by atoms with Gasteiger partial charge in [-0.1, -0.05) is 149 Å². The number of unbranched alkanes of at least 4 members (excludes halogenated alkanes) is 6. The number of amides is 2. The van der Waals surface area contributed by atoms with E-state index in [0.29, 0.717) is 11.4 Å². The predicted molar refractivity (Wildman–Crippen MR) is 243 cm³/mol. The number of ether oxygens (including phenoxy) is 2. The summed E-state index contributed by atoms with van der Waals surface area (Å²) in [7, 11) is 0. The molecular formula is C50H72N4O5. The fourth-order valence-corrected chi connectivity index (χ4v) is 5.88. The van der Waals surface area contributed by atoms with E-state index in [2.05, 4.69) is 62.1 Å². The van der Waals surface area contributed by atoms with Gasteiger partial charge in [-0.05, 0) is 73.6 Å². The predicted octanol–water partition coefficient (Wildman–Crippen LogP) is 11.5. The van der Waals surface area contributed by atoms with E-state index in [1.807, 2.05) is 74.5 Å². The fourth-order valence-electron chi connectivity index (χ4n) is 5.88. The first kappa shape index (κ1) is 50.1. The summed E-state index contributed by atoms with van der Waals surface area (Å²) in [6, 6.07) is 21.9. The molecule has 0 saturated carbocycles. The molecular weight excluding hydrogens is 737 g/mol. The molecule has 3 aromatic carbocycles. The van der Waals surface area contributed by atoms with Gasteiger partial charge in [0, 0.05) is 35.5 Å². The molecule has 4 rings (SSSR count). The lowest BCUT2D eigenvalue weighted by atomic mass is 9.86. The second-order valence-electron chi connectivity index (χ2n) is 16.5. The van der Waals surface area contributed by atoms with Gasteiger partial charge in [0.2, 0.25) is 5.91 Å². The molecule has 2 amide bonds. The highest BCUT2D eigenvalue weighted by Crippen LogP contribution is 2.25. The monoisotopic (exact) mass is 809 g/mol. The zero-order valence-electron chi connectivity index (χ0n) is 37.9. The zero-order chi connectivity index (χ0) is 43.8. The number of carbonyl (C=O) groups is 3. The molecule has 2 N–H and O–H groups in total. The van der Waals surface area contributed by atoms with Gasteiger partial charge in [-0.15, -0.1) is 0 Å². The van der Waals surface area contributed by atoms with E-state index >= 15 is 0 Å². The van der Waals surface area contributed by atoms with Gasteiger partial charge in [-0.3, -0.25) is 14.4 Å². The molecule has 1 atom stereocenters. The molecule has 0 radical (unpaired) electrons. The number of aromatic nitrogens is 2. The van der Waals surface area contributed by atoms with Crippen LogP contribution in [0.4, 0.5) is 0 Å². The summed E-state index contributed by atoms with van der Waals surface area (Å²) >= 11 is 0. The summed E-state index contributed by atoms with van der Waals surface area (Å²) in [5.74, 6) is -0.0157. The Morgan fingerprint density at radius 1 is 0.661 bits per heavy atom. The minimum Gasteiger partial charge on any atom is -0.494 e. The second kappa shape index (κ2) is 26.1. The lowest BCUT2D eigenvalue weighted by Gasteiger charge is -2.22. The van der Waals surface area contributed by atoms with Gasteiger partial charge >= 0.3 is 5.97 Å². The molecule has 1 heterocycles. The van der Waals surface area contributed by atoms with Crippen LogP contribution in [0.1, 0.15) is 149 Å². The Labute approximate surface area is 355 Å². The van der Waals surface area contributed by atoms with Gasteiger partial charge in [-0.25, -0.2) is 9.97 Å². The molecule has 4 aromatic rings. The Hall–Kier alpha value is -5.05. The van der Waals surface area contributed by atoms with Crippen LogP contribution in [-0.4, -0.2) is 52.5 Å². The molecule has 1 unspecified atom stereocenters. The fraction of sp³-hybridized carbons (Fsp3) is 0.500. The van der Waals surface area contributed by atoms with Crippen molar-refractivity contribution in [3.8, 4) is 28.3 Å². The average molecular weight is 809 g/mol. The Balaban J connectivity index is 0.00000159. The molecule has 0 aliphatic carbocycles. The highest BCUT2D eigenvalue weighted by Gasteiger charge is 2.24. The van der Waals surface area contributed by atoms with Crippen molar-refractivity contribution in [2.24, 2.45) is 0 Å². The molecule has 322 valence electrons. The van der Waals surface area contributed by atoms with E-state index in [0.717, 1.165) is 46.6 Å². The number of hydrogen-bond donors (Lipinski definition) is 2. The zero-order valence-corrected chi connectivity index (χ0v) is 37.9. The lowest BCUT2D eigenvalue weighted by molar-refractivity contribution is -0.154. The van der Waals surface area contributed by atoms with Gasteiger partial charge in [0.15, 0.2) is 5.82 Å². The van der Waals surface area contributed by atoms with Gasteiger partial charge in [0.05, 0.1) is 6.61 Å². The van der Waals surface area contributed by atoms with Crippen molar-refractivity contribution in [2.75, 3.05) is 13.2 Å². The van der Waals surface area contributed by atoms with Gasteiger partial charge in [-0.2, -0.15) is 0 Å². The van der Waals surface area contributed by atoms with Crippen LogP contribution in [0.25, 0.3) is 22.5 Å². The normalized spacial score (nSPS) is 11.5. The molecule has 0 saturated heterocycles. The van der Waals surface area contributed by atoms with Crippen molar-refractivity contribution in [3.05, 3.63) is 102 Å². The maximum Gasteiger partial charge on any atom is 0.325 e. The van der Waals surface area contributed by atoms with Gasteiger partial charge < -0.3 is 20.1 Å². The first-order valence-electron chi connectivity index (χ1n) is 21.7. The van der Waals surface area contributed by atoms with Gasteiger partial charge in [0.25, 0.3) is 5.91 Å². The standard InChI is InChI=1S/C43H54N4O5.C5H12.C2H6/c1-8-9-10-11-12-25-51-36-23-19-31(20-24-36)34-27-44-39(45-28-34)32-15-13-30(14-16-32)26-37(41(50)46-29-38(48)52-43(5,6)7)47-40(49)33-17-21-35(22-18-33)42(2,3)4;1-3-5-4-2;1-2/h13-24,27-28,37H,8-12,25-26,29H2,1-7H3,(H,46,50)(H,47,49);3-5H2,1-2H3;1-2H3. The molecule has 0 bridgehead atoms. The van der Waals surface area contributed by atoms with Crippen molar-refractivity contribution in [1.82, 2.24) is 20.6 Å². The number of nitrogens with one attached hydrogen (secondary N) is 2. The maximum atomic E-state index is 13.4. The Morgan fingerprint density at radius 3 is 1.75 bits per heavy atom. The summed E-state index contributed by atoms with van der Waals surface area (Å²) in [5, 5.41) is 5.50. The summed E-state index contributed by atoms with van der Waals surface area (Å²) in [6.45, 7) is 22.6. The third kappa shape index (κ3) is 19.0. The molecule has 1 aromatic heterocycles. The summed E-state index contributed by atoms with van der Waals surface area (Å²) < 4.78 is 11.2. The van der Waals surface area contributed by atoms with Crippen LogP contribution in [0.2, 0.25) is 0 Å². The van der Waals surface area contributed by atoms with Crippen LogP contribution < -0.4 is 15.4 Å². The van der Waals surface area contributed by atoms with E-state index in [1.165, 1.54) is 44.9 Å². The van der Waals surface area contributed by atoms with Crippen LogP contribution in [0, 0.1) is 0 Å². The number of nitrogens with zero attached hydrogens (tertiary/aromatic N) is 2. The Kier molecular flexibility index (Phi) is 22.2. The van der Waals surface area contributed by atoms with Crippen molar-refractivity contribution >= 4 is 17.8 Å². The Morgan fingerprint density at radius 2 is 1.22 bits per heavy atom. The second-order valence-corrected chi connectivity index (χ2v) is 16.5. The highest BCUT2D eigenvalue weighted by atomic mass is 16.6. The Bertz CT molecular complexity index is 1790. The number of carbonyl (C=O) groups excluding carboxylic acids is 3. The molecule has 9 heteroatoms. The largest absolute Gasteiger partial charge is 0.494 e. The first-order valence-corrected chi connectivity index (χ1v) is 21.7. The third-order valence-corrected chi connectivity index (χ3v) is 9.18. The number of benzene rings is 3. The minimum atomic E-state index is -0.943. The summed E-state index contributed by atoms with van der Waals surface area (Å²) in [6.07, 6.45) is 13.9. The first-order chi connectivity index (χ1) is 28.1. The topological polar surface area (TPSA) is 120 Å². The van der Waals surface area contributed by atoms with Crippen LogP contribution in [0.5, 0.6) is 5.75 Å². The van der Waals surface area contributed by atoms with Crippen LogP contribution in [0.3, 0.4) is 0 Å². The SMILES string of the molecule is CC.CCCCC.CCCCCCCOc1ccc(-c2cnc(-c3ccc(CC(NC(=O)c4ccc(C(C)(C)C)cc4)C(=O)NCC(=O)OC(C)(C)C)cc3)nc2)cc1. The van der Waals surface area contributed by atoms with E-state index in [4.69, 9.17) is 9.47 Å². The van der Waals surface area contributed by atoms with Crippen molar-refractivity contribution in [3.63, 3.8) is 0 Å². The average Bonchev–Trinajstić information content (AvgIpc) is 3.22. The van der Waals surface area contributed by atoms with Crippen LogP contribution >= 0.6 is 0 Å². The van der Waals surface area contributed by atoms with Gasteiger partial charge in [0.1, 0.15) is 23.9 Å². The molecule has 0 aliphatic rings. The molecule has 0 fully saturated rings. The molecule has 0 aliphatic heterocycles. The van der Waals surface area contributed by atoms with Crippen molar-refractivity contribution < 1.29 is 23.9 Å². The lowest BCUT2D eigenvalue weighted by Crippen LogP contribution is -2.49. The van der Waals surface area contributed by atoms with Crippen LogP contribution in [0.15, 0.2) is 85.2 Å². The number of hydrogen-bond acceptors (Lipinski definition) is 7. The quantitative estimate of drug-likeness (QED) is 0.0758. The van der Waals surface area contributed by atoms with Crippen molar-refractivity contribution in [2.45, 2.75) is 151 Å². The molecule has 59 heavy (non-hydrogen) atoms. The van der Waals surface area contributed by atoms with E-state index in [-0.39, 0.29) is 24.3 Å². The van der Waals surface area contributed by atoms with E-state index in [9.17, 15) is 14.4 Å².